The van der Waals surface area contributed by atoms with E-state index in [4.69, 9.17) is 10.00 Å². The van der Waals surface area contributed by atoms with E-state index in [-0.39, 0.29) is 37.4 Å². The van der Waals surface area contributed by atoms with Crippen LogP contribution in [0.3, 0.4) is 0 Å². The number of carbonyl (C=O) groups is 2. The molecule has 2 aromatic rings. The fourth-order valence-corrected chi connectivity index (χ4v) is 5.07. The molecule has 0 radical (unpaired) electrons. The molecule has 10 heteroatoms. The van der Waals surface area contributed by atoms with Crippen LogP contribution in [0, 0.1) is 17.2 Å². The highest BCUT2D eigenvalue weighted by Crippen LogP contribution is 2.29. The van der Waals surface area contributed by atoms with Crippen molar-refractivity contribution in [3.8, 4) is 6.07 Å². The van der Waals surface area contributed by atoms with Crippen molar-refractivity contribution in [3.63, 3.8) is 0 Å². The molecule has 2 aromatic carbocycles. The Kier molecular flexibility index (Phi) is 9.80. The number of hydrogen-bond donors (Lipinski definition) is 1. The summed E-state index contributed by atoms with van der Waals surface area (Å²) in [5, 5.41) is 11.5. The number of piperazine rings is 1. The zero-order chi connectivity index (χ0) is 27.0. The van der Waals surface area contributed by atoms with Crippen LogP contribution in [0.4, 0.5) is 0 Å². The summed E-state index contributed by atoms with van der Waals surface area (Å²) in [6.07, 6.45) is 0.343. The predicted molar refractivity (Wildman–Crippen MR) is 140 cm³/mol. The van der Waals surface area contributed by atoms with Crippen LogP contribution < -0.4 is 5.32 Å². The molecule has 1 heterocycles. The van der Waals surface area contributed by atoms with Crippen LogP contribution in [-0.4, -0.2) is 74.5 Å². The topological polar surface area (TPSA) is 120 Å². The first-order valence-electron chi connectivity index (χ1n) is 12.3. The maximum Gasteiger partial charge on any atom is 0.253 e. The molecule has 1 aliphatic heterocycles. The van der Waals surface area contributed by atoms with E-state index in [2.05, 4.69) is 5.32 Å². The van der Waals surface area contributed by atoms with Crippen LogP contribution in [-0.2, 0) is 19.6 Å². The number of nitrogens with one attached hydrogen (secondary N) is 1. The molecule has 9 nitrogen and oxygen atoms in total. The van der Waals surface area contributed by atoms with Crippen LogP contribution >= 0.6 is 0 Å². The van der Waals surface area contributed by atoms with E-state index in [0.29, 0.717) is 25.1 Å². The number of hydrogen-bond acceptors (Lipinski definition) is 6. The van der Waals surface area contributed by atoms with E-state index in [1.165, 1.54) is 10.6 Å². The zero-order valence-electron chi connectivity index (χ0n) is 21.5. The number of benzene rings is 2. The summed E-state index contributed by atoms with van der Waals surface area (Å²) >= 11 is 0. The van der Waals surface area contributed by atoms with Crippen LogP contribution in [0.1, 0.15) is 47.9 Å². The maximum absolute atomic E-state index is 13.0. The Balaban J connectivity index is 1.80. The quantitative estimate of drug-likeness (QED) is 0.475. The summed E-state index contributed by atoms with van der Waals surface area (Å²) in [5.74, 6) is -0.306. The van der Waals surface area contributed by atoms with E-state index in [1.807, 2.05) is 62.4 Å². The van der Waals surface area contributed by atoms with Gasteiger partial charge in [-0.3, -0.25) is 9.59 Å². The van der Waals surface area contributed by atoms with Gasteiger partial charge in [0.25, 0.3) is 5.91 Å². The van der Waals surface area contributed by atoms with E-state index in [9.17, 15) is 18.0 Å². The fourth-order valence-electron chi connectivity index (χ4n) is 4.24. The monoisotopic (exact) mass is 526 g/mol. The van der Waals surface area contributed by atoms with Crippen LogP contribution in [0.2, 0.25) is 0 Å². The highest BCUT2D eigenvalue weighted by Gasteiger charge is 2.28. The average Bonchev–Trinajstić information content (AvgIpc) is 2.89. The lowest BCUT2D eigenvalue weighted by molar-refractivity contribution is -0.136. The largest absolute Gasteiger partial charge is 0.356 e. The van der Waals surface area contributed by atoms with Gasteiger partial charge in [-0.2, -0.15) is 9.57 Å². The second-order valence-corrected chi connectivity index (χ2v) is 11.5. The van der Waals surface area contributed by atoms with Crippen LogP contribution in [0.5, 0.6) is 0 Å². The molecule has 37 heavy (non-hydrogen) atoms. The average molecular weight is 527 g/mol. The van der Waals surface area contributed by atoms with E-state index < -0.39 is 22.2 Å². The SMILES string of the molecule is CC(C)C[C@H](OC(c1ccccc1)c1ccc(C(=O)N2CCN(S(C)(=O)=O)CC2)cc1)C(=O)NCC#N. The molecule has 1 N–H and O–H groups in total. The van der Waals surface area contributed by atoms with Crippen molar-refractivity contribution < 1.29 is 22.7 Å². The molecule has 2 amide bonds. The summed E-state index contributed by atoms with van der Waals surface area (Å²) in [6.45, 7) is 5.12. The summed E-state index contributed by atoms with van der Waals surface area (Å²) in [5.41, 5.74) is 2.14. The molecule has 198 valence electrons. The highest BCUT2D eigenvalue weighted by molar-refractivity contribution is 7.88. The lowest BCUT2D eigenvalue weighted by atomic mass is 9.98. The molecule has 0 saturated carbocycles. The lowest BCUT2D eigenvalue weighted by Gasteiger charge is -2.33. The summed E-state index contributed by atoms with van der Waals surface area (Å²) < 4.78 is 31.3. The van der Waals surface area contributed by atoms with Crippen molar-refractivity contribution in [1.29, 1.82) is 5.26 Å². The Morgan fingerprint density at radius 2 is 1.59 bits per heavy atom. The first kappa shape index (κ1) is 28.3. The zero-order valence-corrected chi connectivity index (χ0v) is 22.3. The molecule has 1 fully saturated rings. The van der Waals surface area contributed by atoms with Gasteiger partial charge in [-0.25, -0.2) is 8.42 Å². The van der Waals surface area contributed by atoms with Gasteiger partial charge in [0.05, 0.1) is 12.3 Å². The van der Waals surface area contributed by atoms with E-state index >= 15 is 0 Å². The minimum atomic E-state index is -3.27. The normalized spacial score (nSPS) is 16.1. The minimum absolute atomic E-state index is 0.0952. The third-order valence-electron chi connectivity index (χ3n) is 6.18. The van der Waals surface area contributed by atoms with Crippen molar-refractivity contribution in [2.75, 3.05) is 39.0 Å². The van der Waals surface area contributed by atoms with Gasteiger partial charge in [-0.1, -0.05) is 56.3 Å². The molecule has 0 aliphatic carbocycles. The van der Waals surface area contributed by atoms with Crippen LogP contribution in [0.25, 0.3) is 0 Å². The van der Waals surface area contributed by atoms with Crippen molar-refractivity contribution >= 4 is 21.8 Å². The van der Waals surface area contributed by atoms with Crippen molar-refractivity contribution in [2.45, 2.75) is 32.5 Å². The minimum Gasteiger partial charge on any atom is -0.356 e. The number of nitriles is 1. The summed E-state index contributed by atoms with van der Waals surface area (Å²) in [4.78, 5) is 27.5. The predicted octanol–water partition coefficient (Wildman–Crippen LogP) is 2.56. The van der Waals surface area contributed by atoms with Gasteiger partial charge in [0.1, 0.15) is 18.8 Å². The number of carbonyl (C=O) groups excluding carboxylic acids is 2. The van der Waals surface area contributed by atoms with Gasteiger partial charge in [0, 0.05) is 31.7 Å². The number of amides is 2. The Morgan fingerprint density at radius 1 is 1.00 bits per heavy atom. The second kappa shape index (κ2) is 12.8. The van der Waals surface area contributed by atoms with Gasteiger partial charge < -0.3 is 15.0 Å². The van der Waals surface area contributed by atoms with Gasteiger partial charge in [0.15, 0.2) is 0 Å². The third kappa shape index (κ3) is 7.86. The summed E-state index contributed by atoms with van der Waals surface area (Å²) in [6, 6.07) is 18.5. The van der Waals surface area contributed by atoms with E-state index in [0.717, 1.165) is 11.1 Å². The molecule has 0 aromatic heterocycles. The second-order valence-electron chi connectivity index (χ2n) is 9.50. The van der Waals surface area contributed by atoms with Gasteiger partial charge in [-0.05, 0) is 35.6 Å². The number of nitrogens with zero attached hydrogens (tertiary/aromatic N) is 3. The van der Waals surface area contributed by atoms with Crippen molar-refractivity contribution in [2.24, 2.45) is 5.92 Å². The molecule has 0 bridgehead atoms. The third-order valence-corrected chi connectivity index (χ3v) is 7.48. The Hall–Kier alpha value is -3.26. The van der Waals surface area contributed by atoms with Gasteiger partial charge in [-0.15, -0.1) is 0 Å². The van der Waals surface area contributed by atoms with Gasteiger partial charge in [0.2, 0.25) is 15.9 Å². The summed E-state index contributed by atoms with van der Waals surface area (Å²) in [7, 11) is -3.27. The molecule has 3 rings (SSSR count). The Bertz CT molecular complexity index is 1200. The first-order chi connectivity index (χ1) is 17.6. The molecule has 1 aliphatic rings. The number of ether oxygens (including phenoxy) is 1. The molecular weight excluding hydrogens is 492 g/mol. The first-order valence-corrected chi connectivity index (χ1v) is 14.1. The smallest absolute Gasteiger partial charge is 0.253 e. The van der Waals surface area contributed by atoms with Gasteiger partial charge >= 0.3 is 0 Å². The molecular formula is C27H34N4O5S. The Labute approximate surface area is 219 Å². The highest BCUT2D eigenvalue weighted by atomic mass is 32.2. The fraction of sp³-hybridized carbons (Fsp3) is 0.444. The van der Waals surface area contributed by atoms with Crippen molar-refractivity contribution in [1.82, 2.24) is 14.5 Å². The standard InChI is InChI=1S/C27H34N4O5S/c1-20(2)19-24(26(32)29-14-13-28)36-25(21-7-5-4-6-8-21)22-9-11-23(12-10-22)27(33)30-15-17-31(18-16-30)37(3,34)35/h4-12,20,24-25H,14-19H2,1-3H3,(H,29,32)/t24-,25?/m0/s1. The number of sulfonamides is 1. The molecule has 1 unspecified atom stereocenters. The Morgan fingerprint density at radius 3 is 2.14 bits per heavy atom. The molecule has 0 spiro atoms. The van der Waals surface area contributed by atoms with Crippen LogP contribution in [0.15, 0.2) is 54.6 Å². The number of rotatable bonds is 10. The maximum atomic E-state index is 13.0. The lowest BCUT2D eigenvalue weighted by Crippen LogP contribution is -2.50. The molecule has 1 saturated heterocycles. The van der Waals surface area contributed by atoms with Crippen molar-refractivity contribution in [3.05, 3.63) is 71.3 Å². The van der Waals surface area contributed by atoms with E-state index in [1.54, 1.807) is 17.0 Å². The molecule has 2 atom stereocenters.